The van der Waals surface area contributed by atoms with Crippen LogP contribution in [-0.2, 0) is 10.0 Å². The van der Waals surface area contributed by atoms with E-state index in [4.69, 9.17) is 12.3 Å². The summed E-state index contributed by atoms with van der Waals surface area (Å²) in [5, 5.41) is 1.35. The monoisotopic (exact) mass is 279 g/mol. The number of carbonyl (C=O) groups is 1. The zero-order valence-electron chi connectivity index (χ0n) is 18.4. The number of carbonyl (C=O) groups excluding carboxylic acids is 1. The zero-order chi connectivity index (χ0) is 21.5. The third-order valence-corrected chi connectivity index (χ3v) is 3.21. The molecule has 100 valence electrons. The Morgan fingerprint density at radius 3 is 2.67 bits per heavy atom. The molecule has 0 atom stereocenters. The first-order valence-electron chi connectivity index (χ1n) is 9.27. The standard InChI is InChI=1S/C12H18N2O3S/c1-3-4-9-13-12(15)14-18(16,17)11-7-5-10(2)6-8-11/h5-8H,3-4,9H2,1-2H3,(H2,13,14,15)/i1D3,3D2,4D2,9D2. The molecule has 1 rings (SSSR count). The van der Waals surface area contributed by atoms with Gasteiger partial charge in [0.2, 0.25) is 0 Å². The van der Waals surface area contributed by atoms with Gasteiger partial charge < -0.3 is 5.32 Å². The average molecular weight is 279 g/mol. The summed E-state index contributed by atoms with van der Waals surface area (Å²) in [5.41, 5.74) is 0.745. The number of rotatable bonds is 5. The average Bonchev–Trinajstić information content (AvgIpc) is 2.44. The number of nitrogens with one attached hydrogen (secondary N) is 2. The van der Waals surface area contributed by atoms with Gasteiger partial charge in [0, 0.05) is 18.8 Å². The van der Waals surface area contributed by atoms with Crippen LogP contribution in [-0.4, -0.2) is 20.9 Å². The van der Waals surface area contributed by atoms with Crippen LogP contribution < -0.4 is 10.0 Å². The fraction of sp³-hybridized carbons (Fsp3) is 0.417. The predicted molar refractivity (Wildman–Crippen MR) is 69.8 cm³/mol. The SMILES string of the molecule is [2H]C([2H])([2H])C([2H])([2H])C([2H])([2H])C([2H])([2H])NC(=O)NS(=O)(=O)c1ccc(C)cc1. The Morgan fingerprint density at radius 2 is 2.06 bits per heavy atom. The summed E-state index contributed by atoms with van der Waals surface area (Å²) in [6, 6.07) is 3.59. The Labute approximate surface area is 120 Å². The molecule has 2 amide bonds. The lowest BCUT2D eigenvalue weighted by atomic mass is 10.2. The summed E-state index contributed by atoms with van der Waals surface area (Å²) in [6.07, 6.45) is -7.41. The molecular formula is C12H18N2O3S. The van der Waals surface area contributed by atoms with Crippen molar-refractivity contribution in [3.05, 3.63) is 29.8 Å². The highest BCUT2D eigenvalue weighted by Crippen LogP contribution is 2.09. The van der Waals surface area contributed by atoms with Gasteiger partial charge in [-0.25, -0.2) is 17.9 Å². The van der Waals surface area contributed by atoms with Crippen molar-refractivity contribution in [3.8, 4) is 0 Å². The van der Waals surface area contributed by atoms with Crippen LogP contribution in [0, 0.1) is 6.92 Å². The minimum Gasteiger partial charge on any atom is -0.337 e. The molecule has 0 spiro atoms. The van der Waals surface area contributed by atoms with E-state index >= 15 is 0 Å². The van der Waals surface area contributed by atoms with Crippen LogP contribution in [0.1, 0.15) is 37.5 Å². The van der Waals surface area contributed by atoms with Crippen molar-refractivity contribution in [1.29, 1.82) is 0 Å². The van der Waals surface area contributed by atoms with E-state index in [0.717, 1.165) is 5.56 Å². The lowest BCUT2D eigenvalue weighted by Gasteiger charge is -2.08. The van der Waals surface area contributed by atoms with E-state index in [0.29, 0.717) is 0 Å². The molecule has 0 saturated heterocycles. The molecule has 0 aliphatic heterocycles. The Balaban J connectivity index is 3.05. The third kappa shape index (κ3) is 4.37. The minimum absolute atomic E-state index is 0.315. The van der Waals surface area contributed by atoms with E-state index in [1.165, 1.54) is 34.3 Å². The first kappa shape index (κ1) is 6.06. The lowest BCUT2D eigenvalue weighted by molar-refractivity contribution is 0.245. The van der Waals surface area contributed by atoms with Crippen molar-refractivity contribution in [3.63, 3.8) is 0 Å². The first-order valence-corrected chi connectivity index (χ1v) is 6.25. The van der Waals surface area contributed by atoms with E-state index in [9.17, 15) is 13.2 Å². The molecule has 18 heavy (non-hydrogen) atoms. The molecule has 0 aromatic heterocycles. The van der Waals surface area contributed by atoms with Crippen LogP contribution in [0.3, 0.4) is 0 Å². The summed E-state index contributed by atoms with van der Waals surface area (Å²) < 4.78 is 91.9. The molecule has 6 heteroatoms. The molecule has 0 unspecified atom stereocenters. The number of sulfonamides is 1. The van der Waals surface area contributed by atoms with Crippen LogP contribution in [0.15, 0.2) is 29.2 Å². The number of benzene rings is 1. The highest BCUT2D eigenvalue weighted by Gasteiger charge is 2.16. The van der Waals surface area contributed by atoms with Gasteiger partial charge in [-0.2, -0.15) is 0 Å². The number of urea groups is 1. The van der Waals surface area contributed by atoms with Crippen molar-refractivity contribution in [1.82, 2.24) is 10.0 Å². The fourth-order valence-electron chi connectivity index (χ4n) is 1.04. The van der Waals surface area contributed by atoms with Crippen molar-refractivity contribution < 1.29 is 25.5 Å². The van der Waals surface area contributed by atoms with Crippen molar-refractivity contribution in [2.24, 2.45) is 0 Å². The van der Waals surface area contributed by atoms with E-state index in [1.54, 1.807) is 6.92 Å². The van der Waals surface area contributed by atoms with Crippen LogP contribution in [0.4, 0.5) is 4.79 Å². The lowest BCUT2D eigenvalue weighted by Crippen LogP contribution is -2.39. The van der Waals surface area contributed by atoms with E-state index in [1.807, 2.05) is 0 Å². The highest BCUT2D eigenvalue weighted by atomic mass is 32.2. The fourth-order valence-corrected chi connectivity index (χ4v) is 1.95. The topological polar surface area (TPSA) is 75.3 Å². The Hall–Kier alpha value is -1.56. The van der Waals surface area contributed by atoms with Crippen LogP contribution >= 0.6 is 0 Å². The van der Waals surface area contributed by atoms with Gasteiger partial charge in [-0.3, -0.25) is 0 Å². The minimum atomic E-state index is -4.41. The second-order valence-corrected chi connectivity index (χ2v) is 4.93. The largest absolute Gasteiger partial charge is 0.337 e. The van der Waals surface area contributed by atoms with Gasteiger partial charge in [0.1, 0.15) is 0 Å². The predicted octanol–water partition coefficient (Wildman–Crippen LogP) is 1.78. The first-order chi connectivity index (χ1) is 11.8. The molecular weight excluding hydrogens is 252 g/mol. The molecule has 0 saturated carbocycles. The third-order valence-electron chi connectivity index (χ3n) is 1.86. The quantitative estimate of drug-likeness (QED) is 0.862. The molecule has 5 nitrogen and oxygen atoms in total. The molecule has 1 aromatic rings. The van der Waals surface area contributed by atoms with Gasteiger partial charge in [-0.1, -0.05) is 30.9 Å². The highest BCUT2D eigenvalue weighted by molar-refractivity contribution is 7.90. The second-order valence-electron chi connectivity index (χ2n) is 3.25. The second kappa shape index (κ2) is 6.39. The Kier molecular flexibility index (Phi) is 2.15. The van der Waals surface area contributed by atoms with Crippen molar-refractivity contribution in [2.45, 2.75) is 31.4 Å². The van der Waals surface area contributed by atoms with E-state index in [-0.39, 0.29) is 4.90 Å². The molecule has 1 aromatic carbocycles. The summed E-state index contributed by atoms with van der Waals surface area (Å²) in [7, 11) is -4.41. The Morgan fingerprint density at radius 1 is 1.39 bits per heavy atom. The number of hydrogen-bond donors (Lipinski definition) is 2. The summed E-state index contributed by atoms with van der Waals surface area (Å²) in [6.45, 7) is -5.40. The molecule has 0 bridgehead atoms. The number of hydrogen-bond acceptors (Lipinski definition) is 3. The zero-order valence-corrected chi connectivity index (χ0v) is 10.3. The maximum atomic E-state index is 12.1. The smallest absolute Gasteiger partial charge is 0.328 e. The van der Waals surface area contributed by atoms with Crippen LogP contribution in [0.2, 0.25) is 0 Å². The van der Waals surface area contributed by atoms with Gasteiger partial charge in [-0.15, -0.1) is 0 Å². The number of aryl methyl sites for hydroxylation is 1. The Bertz CT molecular complexity index is 804. The summed E-state index contributed by atoms with van der Waals surface area (Å²) >= 11 is 0. The van der Waals surface area contributed by atoms with Gasteiger partial charge in [0.25, 0.3) is 10.0 Å². The molecule has 0 aliphatic carbocycles. The summed E-state index contributed by atoms with van der Waals surface area (Å²) in [5.74, 6) is 0. The molecule has 0 radical (unpaired) electrons. The number of amides is 2. The van der Waals surface area contributed by atoms with E-state index in [2.05, 4.69) is 0 Å². The van der Waals surface area contributed by atoms with E-state index < -0.39 is 42.1 Å². The van der Waals surface area contributed by atoms with Gasteiger partial charge in [0.15, 0.2) is 0 Å². The molecule has 0 heterocycles. The van der Waals surface area contributed by atoms with Gasteiger partial charge >= 0.3 is 6.03 Å². The van der Waals surface area contributed by atoms with Gasteiger partial charge in [-0.05, 0) is 25.4 Å². The molecule has 2 N–H and O–H groups in total. The van der Waals surface area contributed by atoms with Crippen LogP contribution in [0.25, 0.3) is 0 Å². The molecule has 0 fully saturated rings. The van der Waals surface area contributed by atoms with Gasteiger partial charge in [0.05, 0.1) is 4.90 Å². The molecule has 0 aliphatic rings. The van der Waals surface area contributed by atoms with Crippen LogP contribution in [0.5, 0.6) is 0 Å². The maximum Gasteiger partial charge on any atom is 0.328 e. The summed E-state index contributed by atoms with van der Waals surface area (Å²) in [4.78, 5) is 11.6. The maximum absolute atomic E-state index is 12.1. The normalized spacial score (nSPS) is 21.5. The van der Waals surface area contributed by atoms with Crippen molar-refractivity contribution in [2.75, 3.05) is 6.50 Å². The van der Waals surface area contributed by atoms with Crippen molar-refractivity contribution >= 4 is 16.1 Å².